The van der Waals surface area contributed by atoms with Crippen LogP contribution in [0.4, 0.5) is 0 Å². The van der Waals surface area contributed by atoms with Crippen molar-refractivity contribution in [2.75, 3.05) is 6.54 Å². The lowest BCUT2D eigenvalue weighted by molar-refractivity contribution is -0.121. The molecule has 0 atom stereocenters. The Morgan fingerprint density at radius 1 is 1.47 bits per heavy atom. The molecule has 0 saturated heterocycles. The van der Waals surface area contributed by atoms with Crippen molar-refractivity contribution in [3.63, 3.8) is 0 Å². The Kier molecular flexibility index (Phi) is 3.36. The van der Waals surface area contributed by atoms with E-state index in [1.807, 2.05) is 6.07 Å². The lowest BCUT2D eigenvalue weighted by Crippen LogP contribution is -2.40. The molecule has 1 aromatic carbocycles. The minimum Gasteiger partial charge on any atom is -0.508 e. The second-order valence-electron chi connectivity index (χ2n) is 5.29. The second kappa shape index (κ2) is 4.78. The van der Waals surface area contributed by atoms with Crippen LogP contribution in [0.15, 0.2) is 24.3 Å². The number of hydrogen-bond acceptors (Lipinski definition) is 2. The van der Waals surface area contributed by atoms with E-state index in [0.717, 1.165) is 12.1 Å². The normalized spacial score (nSPS) is 17.2. The molecule has 1 aliphatic carbocycles. The molecule has 0 aromatic heterocycles. The van der Waals surface area contributed by atoms with E-state index in [1.165, 1.54) is 19.3 Å². The summed E-state index contributed by atoms with van der Waals surface area (Å²) in [6.45, 7) is 2.98. The highest BCUT2D eigenvalue weighted by molar-refractivity contribution is 5.78. The van der Waals surface area contributed by atoms with Crippen LogP contribution in [-0.4, -0.2) is 17.6 Å². The third-order valence-electron chi connectivity index (χ3n) is 3.55. The van der Waals surface area contributed by atoms with Gasteiger partial charge in [0.15, 0.2) is 0 Å². The van der Waals surface area contributed by atoms with E-state index < -0.39 is 0 Å². The molecule has 2 N–H and O–H groups in total. The Labute approximate surface area is 102 Å². The maximum atomic E-state index is 11.7. The van der Waals surface area contributed by atoms with Gasteiger partial charge in [-0.25, -0.2) is 0 Å². The number of rotatable bonds is 4. The summed E-state index contributed by atoms with van der Waals surface area (Å²) in [5.41, 5.74) is 1.16. The molecule has 1 amide bonds. The van der Waals surface area contributed by atoms with Crippen LogP contribution in [-0.2, 0) is 11.2 Å². The monoisotopic (exact) mass is 233 g/mol. The predicted molar refractivity (Wildman–Crippen MR) is 66.8 cm³/mol. The molecule has 3 nitrogen and oxygen atoms in total. The van der Waals surface area contributed by atoms with Crippen LogP contribution >= 0.6 is 0 Å². The molecule has 0 heterocycles. The summed E-state index contributed by atoms with van der Waals surface area (Å²) < 4.78 is 0. The maximum absolute atomic E-state index is 11.7. The summed E-state index contributed by atoms with van der Waals surface area (Å²) in [6.07, 6.45) is 4.03. The summed E-state index contributed by atoms with van der Waals surface area (Å²) in [4.78, 5) is 11.7. The van der Waals surface area contributed by atoms with Gasteiger partial charge in [0.2, 0.25) is 5.91 Å². The average Bonchev–Trinajstić information content (AvgIpc) is 2.24. The first-order valence-corrected chi connectivity index (χ1v) is 6.12. The fourth-order valence-electron chi connectivity index (χ4n) is 2.18. The van der Waals surface area contributed by atoms with Crippen molar-refractivity contribution in [1.82, 2.24) is 5.32 Å². The minimum atomic E-state index is 0.0312. The second-order valence-corrected chi connectivity index (χ2v) is 5.29. The Morgan fingerprint density at radius 3 is 2.82 bits per heavy atom. The van der Waals surface area contributed by atoms with E-state index >= 15 is 0 Å². The Bertz CT molecular complexity index is 410. The van der Waals surface area contributed by atoms with Gasteiger partial charge < -0.3 is 10.4 Å². The third kappa shape index (κ3) is 3.22. The van der Waals surface area contributed by atoms with Crippen molar-refractivity contribution < 1.29 is 9.90 Å². The van der Waals surface area contributed by atoms with Crippen LogP contribution in [0, 0.1) is 5.41 Å². The Balaban J connectivity index is 1.81. The highest BCUT2D eigenvalue weighted by atomic mass is 16.3. The number of phenolic OH excluding ortho intramolecular Hbond substituents is 1. The number of carbonyl (C=O) groups is 1. The van der Waals surface area contributed by atoms with Gasteiger partial charge in [0.25, 0.3) is 0 Å². The summed E-state index contributed by atoms with van der Waals surface area (Å²) in [5.74, 6) is 0.241. The smallest absolute Gasteiger partial charge is 0.224 e. The van der Waals surface area contributed by atoms with Crippen molar-refractivity contribution in [2.24, 2.45) is 5.41 Å². The van der Waals surface area contributed by atoms with Crippen molar-refractivity contribution in [1.29, 1.82) is 0 Å². The quantitative estimate of drug-likeness (QED) is 0.838. The van der Waals surface area contributed by atoms with E-state index in [-0.39, 0.29) is 11.7 Å². The highest BCUT2D eigenvalue weighted by Crippen LogP contribution is 2.39. The standard InChI is InChI=1S/C14H19NO2/c1-14(6-3-7-14)10-15-13(17)9-11-4-2-5-12(16)8-11/h2,4-5,8,16H,3,6-7,9-10H2,1H3,(H,15,17). The number of benzene rings is 1. The van der Waals surface area contributed by atoms with Crippen LogP contribution in [0.1, 0.15) is 31.7 Å². The van der Waals surface area contributed by atoms with Gasteiger partial charge in [-0.05, 0) is 36.0 Å². The zero-order valence-electron chi connectivity index (χ0n) is 10.2. The molecular weight excluding hydrogens is 214 g/mol. The maximum Gasteiger partial charge on any atom is 0.224 e. The van der Waals surface area contributed by atoms with Gasteiger partial charge in [-0.15, -0.1) is 0 Å². The van der Waals surface area contributed by atoms with Gasteiger partial charge in [0.05, 0.1) is 6.42 Å². The molecule has 1 saturated carbocycles. The largest absolute Gasteiger partial charge is 0.508 e. The van der Waals surface area contributed by atoms with Gasteiger partial charge in [0.1, 0.15) is 5.75 Å². The number of hydrogen-bond donors (Lipinski definition) is 2. The third-order valence-corrected chi connectivity index (χ3v) is 3.55. The zero-order chi connectivity index (χ0) is 12.3. The molecule has 1 aliphatic rings. The van der Waals surface area contributed by atoms with Gasteiger partial charge in [0, 0.05) is 6.54 Å². The van der Waals surface area contributed by atoms with Crippen molar-refractivity contribution in [3.8, 4) is 5.75 Å². The van der Waals surface area contributed by atoms with Crippen LogP contribution in [0.2, 0.25) is 0 Å². The van der Waals surface area contributed by atoms with Crippen molar-refractivity contribution >= 4 is 5.91 Å². The average molecular weight is 233 g/mol. The van der Waals surface area contributed by atoms with Crippen LogP contribution in [0.25, 0.3) is 0 Å². The Hall–Kier alpha value is -1.51. The number of carbonyl (C=O) groups excluding carboxylic acids is 1. The lowest BCUT2D eigenvalue weighted by atomic mass is 9.70. The Morgan fingerprint density at radius 2 is 2.24 bits per heavy atom. The summed E-state index contributed by atoms with van der Waals surface area (Å²) in [7, 11) is 0. The molecule has 17 heavy (non-hydrogen) atoms. The molecule has 1 fully saturated rings. The van der Waals surface area contributed by atoms with E-state index in [9.17, 15) is 9.90 Å². The summed E-state index contributed by atoms with van der Waals surface area (Å²) in [6, 6.07) is 6.84. The van der Waals surface area contributed by atoms with Crippen LogP contribution < -0.4 is 5.32 Å². The molecule has 1 aromatic rings. The molecule has 0 aliphatic heterocycles. The molecule has 0 radical (unpaired) electrons. The van der Waals surface area contributed by atoms with Gasteiger partial charge in [-0.3, -0.25) is 4.79 Å². The topological polar surface area (TPSA) is 49.3 Å². The fourth-order valence-corrected chi connectivity index (χ4v) is 2.18. The molecule has 0 spiro atoms. The number of nitrogens with one attached hydrogen (secondary N) is 1. The molecule has 0 bridgehead atoms. The van der Waals surface area contributed by atoms with E-state index in [4.69, 9.17) is 0 Å². The van der Waals surface area contributed by atoms with E-state index in [0.29, 0.717) is 11.8 Å². The molecular formula is C14H19NO2. The van der Waals surface area contributed by atoms with Crippen molar-refractivity contribution in [2.45, 2.75) is 32.6 Å². The van der Waals surface area contributed by atoms with Crippen LogP contribution in [0.5, 0.6) is 5.75 Å². The first-order valence-electron chi connectivity index (χ1n) is 6.12. The SMILES string of the molecule is CC1(CNC(=O)Cc2cccc(O)c2)CCC1. The van der Waals surface area contributed by atoms with E-state index in [1.54, 1.807) is 18.2 Å². The van der Waals surface area contributed by atoms with E-state index in [2.05, 4.69) is 12.2 Å². The molecule has 92 valence electrons. The highest BCUT2D eigenvalue weighted by Gasteiger charge is 2.31. The predicted octanol–water partition coefficient (Wildman–Crippen LogP) is 2.24. The lowest BCUT2D eigenvalue weighted by Gasteiger charge is -2.38. The fraction of sp³-hybridized carbons (Fsp3) is 0.500. The van der Waals surface area contributed by atoms with Crippen molar-refractivity contribution in [3.05, 3.63) is 29.8 Å². The zero-order valence-corrected chi connectivity index (χ0v) is 10.2. The molecule has 3 heteroatoms. The van der Waals surface area contributed by atoms with Gasteiger partial charge >= 0.3 is 0 Å². The van der Waals surface area contributed by atoms with Crippen LogP contribution in [0.3, 0.4) is 0 Å². The first-order chi connectivity index (χ1) is 8.07. The molecule has 0 unspecified atom stereocenters. The summed E-state index contributed by atoms with van der Waals surface area (Å²) in [5, 5.41) is 12.3. The number of amides is 1. The number of phenols is 1. The molecule has 2 rings (SSSR count). The minimum absolute atomic E-state index is 0.0312. The number of aromatic hydroxyl groups is 1. The first kappa shape index (κ1) is 12.0. The van der Waals surface area contributed by atoms with Gasteiger partial charge in [-0.2, -0.15) is 0 Å². The summed E-state index contributed by atoms with van der Waals surface area (Å²) >= 11 is 0. The van der Waals surface area contributed by atoms with Gasteiger partial charge in [-0.1, -0.05) is 25.5 Å².